The Kier molecular flexibility index (Phi) is 2.76. The Labute approximate surface area is 70.2 Å². The molecule has 0 radical (unpaired) electrons. The number of hydrogen-bond donors (Lipinski definition) is 1. The molecular formula is C6H12N4S. The van der Waals surface area contributed by atoms with E-state index < -0.39 is 0 Å². The predicted molar refractivity (Wildman–Crippen MR) is 46.5 cm³/mol. The number of nitrogen functional groups attached to an aromatic ring is 1. The van der Waals surface area contributed by atoms with Crippen molar-refractivity contribution < 1.29 is 0 Å². The van der Waals surface area contributed by atoms with Gasteiger partial charge in [-0.1, -0.05) is 18.7 Å². The van der Waals surface area contributed by atoms with Crippen LogP contribution in [0.15, 0.2) is 5.16 Å². The van der Waals surface area contributed by atoms with Crippen LogP contribution in [0, 0.1) is 0 Å². The number of aromatic nitrogens is 3. The van der Waals surface area contributed by atoms with E-state index in [0.29, 0.717) is 5.95 Å². The molecule has 2 N–H and O–H groups in total. The summed E-state index contributed by atoms with van der Waals surface area (Å²) in [7, 11) is 0. The SMILES string of the molecule is CCCn1nc(N)nc1SC. The van der Waals surface area contributed by atoms with Crippen LogP contribution < -0.4 is 5.73 Å². The van der Waals surface area contributed by atoms with Crippen LogP contribution in [0.5, 0.6) is 0 Å². The minimum Gasteiger partial charge on any atom is -0.366 e. The van der Waals surface area contributed by atoms with E-state index in [-0.39, 0.29) is 0 Å². The summed E-state index contributed by atoms with van der Waals surface area (Å²) in [6.07, 6.45) is 3.02. The Bertz CT molecular complexity index is 232. The topological polar surface area (TPSA) is 56.7 Å². The second-order valence-corrected chi connectivity index (χ2v) is 2.95. The maximum absolute atomic E-state index is 5.43. The predicted octanol–water partition coefficient (Wildman–Crippen LogP) is 0.992. The highest BCUT2D eigenvalue weighted by molar-refractivity contribution is 7.98. The van der Waals surface area contributed by atoms with Gasteiger partial charge in [0.1, 0.15) is 0 Å². The molecule has 0 aliphatic carbocycles. The lowest BCUT2D eigenvalue weighted by atomic mass is 10.5. The number of nitrogens with zero attached hydrogens (tertiary/aromatic N) is 3. The summed E-state index contributed by atoms with van der Waals surface area (Å²) < 4.78 is 1.83. The first kappa shape index (κ1) is 8.39. The van der Waals surface area contributed by atoms with Gasteiger partial charge in [-0.05, 0) is 12.7 Å². The molecular weight excluding hydrogens is 160 g/mol. The van der Waals surface area contributed by atoms with Gasteiger partial charge in [0.25, 0.3) is 0 Å². The molecule has 0 aromatic carbocycles. The van der Waals surface area contributed by atoms with Crippen molar-refractivity contribution in [1.82, 2.24) is 14.8 Å². The fraction of sp³-hybridized carbons (Fsp3) is 0.667. The molecule has 1 aromatic rings. The lowest BCUT2D eigenvalue weighted by molar-refractivity contribution is 0.552. The van der Waals surface area contributed by atoms with E-state index in [0.717, 1.165) is 18.1 Å². The van der Waals surface area contributed by atoms with E-state index in [4.69, 9.17) is 5.73 Å². The molecule has 4 nitrogen and oxygen atoms in total. The third-order valence-corrected chi connectivity index (χ3v) is 1.94. The molecule has 62 valence electrons. The number of anilines is 1. The summed E-state index contributed by atoms with van der Waals surface area (Å²) >= 11 is 1.57. The number of aryl methyl sites for hydroxylation is 1. The highest BCUT2D eigenvalue weighted by Crippen LogP contribution is 2.12. The molecule has 0 aliphatic heterocycles. The van der Waals surface area contributed by atoms with Gasteiger partial charge in [0.2, 0.25) is 5.95 Å². The molecule has 0 amide bonds. The second kappa shape index (κ2) is 3.61. The Balaban J connectivity index is 2.83. The van der Waals surface area contributed by atoms with E-state index in [1.54, 1.807) is 11.8 Å². The zero-order valence-corrected chi connectivity index (χ0v) is 7.56. The van der Waals surface area contributed by atoms with Gasteiger partial charge in [-0.25, -0.2) is 4.68 Å². The molecule has 1 heterocycles. The first-order chi connectivity index (χ1) is 5.27. The fourth-order valence-corrected chi connectivity index (χ4v) is 1.38. The number of thioether (sulfide) groups is 1. The number of hydrogen-bond acceptors (Lipinski definition) is 4. The summed E-state index contributed by atoms with van der Waals surface area (Å²) in [5, 5.41) is 4.93. The number of rotatable bonds is 3. The van der Waals surface area contributed by atoms with E-state index in [1.165, 1.54) is 0 Å². The third kappa shape index (κ3) is 1.86. The summed E-state index contributed by atoms with van der Waals surface area (Å²) in [5.74, 6) is 0.364. The van der Waals surface area contributed by atoms with Crippen LogP contribution in [-0.2, 0) is 6.54 Å². The Morgan fingerprint density at radius 1 is 1.64 bits per heavy atom. The van der Waals surface area contributed by atoms with Gasteiger partial charge in [0.15, 0.2) is 5.16 Å². The Hall–Kier alpha value is -0.710. The van der Waals surface area contributed by atoms with Crippen molar-refractivity contribution in [3.05, 3.63) is 0 Å². The summed E-state index contributed by atoms with van der Waals surface area (Å²) in [5.41, 5.74) is 5.43. The largest absolute Gasteiger partial charge is 0.366 e. The summed E-state index contributed by atoms with van der Waals surface area (Å²) in [6, 6.07) is 0. The first-order valence-electron chi connectivity index (χ1n) is 3.52. The van der Waals surface area contributed by atoms with Crippen LogP contribution in [-0.4, -0.2) is 21.0 Å². The maximum atomic E-state index is 5.43. The van der Waals surface area contributed by atoms with Crippen LogP contribution in [0.4, 0.5) is 5.95 Å². The van der Waals surface area contributed by atoms with Crippen molar-refractivity contribution in [3.63, 3.8) is 0 Å². The molecule has 1 rings (SSSR count). The van der Waals surface area contributed by atoms with Crippen molar-refractivity contribution >= 4 is 17.7 Å². The molecule has 0 fully saturated rings. The van der Waals surface area contributed by atoms with Gasteiger partial charge in [0.05, 0.1) is 0 Å². The molecule has 0 aliphatic rings. The van der Waals surface area contributed by atoms with Gasteiger partial charge < -0.3 is 5.73 Å². The standard InChI is InChI=1S/C6H12N4S/c1-3-4-10-6(11-2)8-5(7)9-10/h3-4H2,1-2H3,(H2,7,9). The average Bonchev–Trinajstić information content (AvgIpc) is 2.32. The molecule has 0 unspecified atom stereocenters. The molecule has 11 heavy (non-hydrogen) atoms. The van der Waals surface area contributed by atoms with E-state index in [2.05, 4.69) is 17.0 Å². The van der Waals surface area contributed by atoms with E-state index >= 15 is 0 Å². The quantitative estimate of drug-likeness (QED) is 0.691. The Morgan fingerprint density at radius 3 is 2.91 bits per heavy atom. The van der Waals surface area contributed by atoms with E-state index in [1.807, 2.05) is 10.9 Å². The Morgan fingerprint density at radius 2 is 2.36 bits per heavy atom. The molecule has 0 atom stereocenters. The van der Waals surface area contributed by atoms with Gasteiger partial charge in [-0.3, -0.25) is 0 Å². The van der Waals surface area contributed by atoms with Crippen molar-refractivity contribution in [2.24, 2.45) is 0 Å². The minimum atomic E-state index is 0.364. The molecule has 0 saturated heterocycles. The summed E-state index contributed by atoms with van der Waals surface area (Å²) in [4.78, 5) is 4.04. The molecule has 0 spiro atoms. The maximum Gasteiger partial charge on any atom is 0.240 e. The third-order valence-electron chi connectivity index (χ3n) is 1.27. The molecule has 0 saturated carbocycles. The average molecular weight is 172 g/mol. The van der Waals surface area contributed by atoms with Crippen molar-refractivity contribution in [3.8, 4) is 0 Å². The second-order valence-electron chi connectivity index (χ2n) is 2.18. The van der Waals surface area contributed by atoms with Gasteiger partial charge in [0, 0.05) is 6.54 Å². The van der Waals surface area contributed by atoms with Crippen LogP contribution in [0.3, 0.4) is 0 Å². The molecule has 0 bridgehead atoms. The first-order valence-corrected chi connectivity index (χ1v) is 4.74. The monoisotopic (exact) mass is 172 g/mol. The number of nitrogens with two attached hydrogens (primary N) is 1. The van der Waals surface area contributed by atoms with Crippen LogP contribution in [0.2, 0.25) is 0 Å². The van der Waals surface area contributed by atoms with E-state index in [9.17, 15) is 0 Å². The van der Waals surface area contributed by atoms with Crippen LogP contribution in [0.1, 0.15) is 13.3 Å². The minimum absolute atomic E-state index is 0.364. The molecule has 1 aromatic heterocycles. The highest BCUT2D eigenvalue weighted by Gasteiger charge is 2.03. The van der Waals surface area contributed by atoms with Crippen molar-refractivity contribution in [2.45, 2.75) is 25.0 Å². The zero-order chi connectivity index (χ0) is 8.27. The lowest BCUT2D eigenvalue weighted by Gasteiger charge is -1.98. The molecule has 5 heteroatoms. The summed E-state index contributed by atoms with van der Waals surface area (Å²) in [6.45, 7) is 2.99. The van der Waals surface area contributed by atoms with Crippen LogP contribution in [0.25, 0.3) is 0 Å². The zero-order valence-electron chi connectivity index (χ0n) is 6.74. The van der Waals surface area contributed by atoms with Gasteiger partial charge in [-0.2, -0.15) is 4.98 Å². The normalized spacial score (nSPS) is 10.4. The van der Waals surface area contributed by atoms with Crippen molar-refractivity contribution in [2.75, 3.05) is 12.0 Å². The fourth-order valence-electron chi connectivity index (χ4n) is 0.853. The van der Waals surface area contributed by atoms with Crippen molar-refractivity contribution in [1.29, 1.82) is 0 Å². The van der Waals surface area contributed by atoms with Crippen LogP contribution >= 0.6 is 11.8 Å². The smallest absolute Gasteiger partial charge is 0.240 e. The van der Waals surface area contributed by atoms with Gasteiger partial charge >= 0.3 is 0 Å². The van der Waals surface area contributed by atoms with Gasteiger partial charge in [-0.15, -0.1) is 5.10 Å². The lowest BCUT2D eigenvalue weighted by Crippen LogP contribution is -2.00. The highest BCUT2D eigenvalue weighted by atomic mass is 32.2.